The maximum Gasteiger partial charge on any atom is 0.0202 e. The van der Waals surface area contributed by atoms with Crippen LogP contribution >= 0.6 is 23.5 Å². The van der Waals surface area contributed by atoms with Gasteiger partial charge in [0.1, 0.15) is 0 Å². The Labute approximate surface area is 129 Å². The predicted octanol–water partition coefficient (Wildman–Crippen LogP) is 4.39. The highest BCUT2D eigenvalue weighted by Gasteiger charge is 2.22. The highest BCUT2D eigenvalue weighted by Crippen LogP contribution is 2.41. The monoisotopic (exact) mass is 301 g/mol. The number of benzene rings is 2. The third kappa shape index (κ3) is 3.22. The van der Waals surface area contributed by atoms with Gasteiger partial charge in [0.05, 0.1) is 0 Å². The topological polar surface area (TPSA) is 12.0 Å². The van der Waals surface area contributed by atoms with Gasteiger partial charge >= 0.3 is 0 Å². The molecular weight excluding hydrogens is 282 g/mol. The second kappa shape index (κ2) is 6.70. The normalized spacial score (nSPS) is 17.1. The molecule has 0 bridgehead atoms. The molecule has 0 saturated heterocycles. The molecule has 0 aromatic heterocycles. The van der Waals surface area contributed by atoms with Crippen LogP contribution in [0.25, 0.3) is 0 Å². The Kier molecular flexibility index (Phi) is 4.71. The van der Waals surface area contributed by atoms with Gasteiger partial charge in [-0.25, -0.2) is 0 Å². The molecular formula is C17H19NS2. The zero-order valence-electron chi connectivity index (χ0n) is 11.6. The first-order valence-corrected chi connectivity index (χ1v) is 8.92. The molecule has 1 aliphatic heterocycles. The van der Waals surface area contributed by atoms with Crippen LogP contribution in [0.15, 0.2) is 58.3 Å². The molecule has 3 heteroatoms. The lowest BCUT2D eigenvalue weighted by Crippen LogP contribution is -2.04. The molecule has 0 aliphatic carbocycles. The van der Waals surface area contributed by atoms with Gasteiger partial charge in [-0.05, 0) is 36.4 Å². The zero-order chi connectivity index (χ0) is 13.8. The third-order valence-corrected chi connectivity index (χ3v) is 5.98. The fourth-order valence-electron chi connectivity index (χ4n) is 2.47. The summed E-state index contributed by atoms with van der Waals surface area (Å²) in [6.45, 7) is 0.942. The molecule has 20 heavy (non-hydrogen) atoms. The molecule has 1 unspecified atom stereocenters. The molecule has 0 fully saturated rings. The van der Waals surface area contributed by atoms with Gasteiger partial charge in [0.2, 0.25) is 0 Å². The molecule has 1 nitrogen and oxygen atoms in total. The van der Waals surface area contributed by atoms with Crippen LogP contribution in [0.3, 0.4) is 0 Å². The van der Waals surface area contributed by atoms with Gasteiger partial charge in [0.15, 0.2) is 0 Å². The summed E-state index contributed by atoms with van der Waals surface area (Å²) in [7, 11) is 1.98. The van der Waals surface area contributed by atoms with Crippen molar-refractivity contribution in [3.63, 3.8) is 0 Å². The Morgan fingerprint density at radius 2 is 1.95 bits per heavy atom. The van der Waals surface area contributed by atoms with Crippen LogP contribution in [0.4, 0.5) is 0 Å². The summed E-state index contributed by atoms with van der Waals surface area (Å²) in [6, 6.07) is 17.8. The van der Waals surface area contributed by atoms with E-state index < -0.39 is 0 Å². The van der Waals surface area contributed by atoms with Crippen LogP contribution in [0, 0.1) is 0 Å². The predicted molar refractivity (Wildman–Crippen MR) is 89.8 cm³/mol. The van der Waals surface area contributed by atoms with Crippen LogP contribution in [-0.2, 0) is 6.54 Å². The zero-order valence-corrected chi connectivity index (χ0v) is 13.3. The van der Waals surface area contributed by atoms with E-state index in [-0.39, 0.29) is 0 Å². The van der Waals surface area contributed by atoms with Crippen molar-refractivity contribution in [2.45, 2.75) is 22.3 Å². The summed E-state index contributed by atoms with van der Waals surface area (Å²) in [5.41, 5.74) is 2.88. The molecule has 0 saturated carbocycles. The average molecular weight is 301 g/mol. The second-order valence-corrected chi connectivity index (χ2v) is 7.19. The van der Waals surface area contributed by atoms with Gasteiger partial charge in [-0.1, -0.05) is 30.3 Å². The number of nitrogens with one attached hydrogen (secondary N) is 1. The van der Waals surface area contributed by atoms with Gasteiger partial charge in [-0.2, -0.15) is 0 Å². The van der Waals surface area contributed by atoms with E-state index in [1.165, 1.54) is 32.4 Å². The van der Waals surface area contributed by atoms with Crippen molar-refractivity contribution in [1.29, 1.82) is 0 Å². The molecule has 0 spiro atoms. The molecule has 0 amide bonds. The third-order valence-electron chi connectivity index (χ3n) is 3.55. The number of rotatable bonds is 5. The van der Waals surface area contributed by atoms with E-state index in [4.69, 9.17) is 0 Å². The van der Waals surface area contributed by atoms with Crippen molar-refractivity contribution in [2.75, 3.05) is 18.6 Å². The van der Waals surface area contributed by atoms with E-state index in [1.807, 2.05) is 30.6 Å². The first-order chi connectivity index (χ1) is 9.86. The van der Waals surface area contributed by atoms with Crippen molar-refractivity contribution in [3.8, 4) is 0 Å². The summed E-state index contributed by atoms with van der Waals surface area (Å²) >= 11 is 3.97. The number of thioether (sulfide) groups is 2. The fourth-order valence-corrected chi connectivity index (χ4v) is 4.89. The molecule has 3 rings (SSSR count). The Morgan fingerprint density at radius 1 is 1.15 bits per heavy atom. The summed E-state index contributed by atoms with van der Waals surface area (Å²) in [6.07, 6.45) is 0. The maximum atomic E-state index is 3.18. The SMILES string of the molecule is CNCc1ccc(SCC2CSc3ccccc32)cc1. The van der Waals surface area contributed by atoms with Crippen molar-refractivity contribution < 1.29 is 0 Å². The standard InChI is InChI=1S/C17H19NS2/c1-18-10-13-6-8-15(9-7-13)19-11-14-12-20-17-5-3-2-4-16(14)17/h2-9,14,18H,10-12H2,1H3. The first kappa shape index (κ1) is 14.1. The van der Waals surface area contributed by atoms with E-state index in [0.29, 0.717) is 5.92 Å². The Morgan fingerprint density at radius 3 is 2.75 bits per heavy atom. The summed E-state index contributed by atoms with van der Waals surface area (Å²) in [5, 5.41) is 3.18. The highest BCUT2D eigenvalue weighted by atomic mass is 32.2. The number of fused-ring (bicyclic) bond motifs is 1. The largest absolute Gasteiger partial charge is 0.316 e. The molecule has 1 aliphatic rings. The van der Waals surface area contributed by atoms with Crippen LogP contribution in [0.2, 0.25) is 0 Å². The molecule has 2 aromatic rings. The van der Waals surface area contributed by atoms with Crippen LogP contribution in [0.5, 0.6) is 0 Å². The van der Waals surface area contributed by atoms with E-state index in [9.17, 15) is 0 Å². The molecule has 0 radical (unpaired) electrons. The van der Waals surface area contributed by atoms with Crippen LogP contribution in [-0.4, -0.2) is 18.6 Å². The molecule has 104 valence electrons. The Balaban J connectivity index is 1.60. The van der Waals surface area contributed by atoms with Gasteiger partial charge in [-0.15, -0.1) is 23.5 Å². The van der Waals surface area contributed by atoms with Gasteiger partial charge in [-0.3, -0.25) is 0 Å². The fraction of sp³-hybridized carbons (Fsp3) is 0.294. The van der Waals surface area contributed by atoms with Crippen LogP contribution < -0.4 is 5.32 Å². The summed E-state index contributed by atoms with van der Waals surface area (Å²) in [5.74, 6) is 3.10. The van der Waals surface area contributed by atoms with Crippen LogP contribution in [0.1, 0.15) is 17.0 Å². The Hall–Kier alpha value is -0.900. The summed E-state index contributed by atoms with van der Waals surface area (Å²) < 4.78 is 0. The summed E-state index contributed by atoms with van der Waals surface area (Å²) in [4.78, 5) is 2.85. The minimum Gasteiger partial charge on any atom is -0.316 e. The average Bonchev–Trinajstić information content (AvgIpc) is 2.90. The lowest BCUT2D eigenvalue weighted by atomic mass is 10.0. The minimum absolute atomic E-state index is 0.693. The number of hydrogen-bond donors (Lipinski definition) is 1. The Bertz CT molecular complexity index is 565. The minimum atomic E-state index is 0.693. The van der Waals surface area contributed by atoms with Crippen molar-refractivity contribution in [1.82, 2.24) is 5.32 Å². The van der Waals surface area contributed by atoms with Gasteiger partial charge in [0.25, 0.3) is 0 Å². The van der Waals surface area contributed by atoms with E-state index >= 15 is 0 Å². The molecule has 1 atom stereocenters. The maximum absolute atomic E-state index is 3.18. The second-order valence-electron chi connectivity index (χ2n) is 5.03. The smallest absolute Gasteiger partial charge is 0.0202 e. The van der Waals surface area contributed by atoms with Crippen molar-refractivity contribution in [3.05, 3.63) is 59.7 Å². The lowest BCUT2D eigenvalue weighted by Gasteiger charge is -2.10. The van der Waals surface area contributed by atoms with Gasteiger partial charge < -0.3 is 5.32 Å². The van der Waals surface area contributed by atoms with Gasteiger partial charge in [0, 0.05) is 33.8 Å². The number of hydrogen-bond acceptors (Lipinski definition) is 3. The molecule has 2 aromatic carbocycles. The van der Waals surface area contributed by atoms with Crippen molar-refractivity contribution >= 4 is 23.5 Å². The first-order valence-electron chi connectivity index (χ1n) is 6.95. The molecule has 1 heterocycles. The quantitative estimate of drug-likeness (QED) is 0.823. The van der Waals surface area contributed by atoms with Crippen molar-refractivity contribution in [2.24, 2.45) is 0 Å². The molecule has 1 N–H and O–H groups in total. The van der Waals surface area contributed by atoms with E-state index in [0.717, 1.165) is 6.54 Å². The lowest BCUT2D eigenvalue weighted by molar-refractivity contribution is 0.817. The van der Waals surface area contributed by atoms with E-state index in [2.05, 4.69) is 53.8 Å². The highest BCUT2D eigenvalue weighted by molar-refractivity contribution is 8.00. The van der Waals surface area contributed by atoms with E-state index in [1.54, 1.807) is 0 Å².